The van der Waals surface area contributed by atoms with Crippen LogP contribution in [-0.2, 0) is 43.2 Å². The van der Waals surface area contributed by atoms with Gasteiger partial charge in [0.25, 0.3) is 0 Å². The van der Waals surface area contributed by atoms with E-state index >= 15 is 0 Å². The monoisotopic (exact) mass is 945 g/mol. The van der Waals surface area contributed by atoms with Gasteiger partial charge in [0.2, 0.25) is 23.6 Å². The van der Waals surface area contributed by atoms with Gasteiger partial charge in [0.05, 0.1) is 32.7 Å². The van der Waals surface area contributed by atoms with Crippen molar-refractivity contribution in [2.24, 2.45) is 0 Å². The van der Waals surface area contributed by atoms with E-state index in [-0.39, 0.29) is 83.4 Å². The zero-order valence-corrected chi connectivity index (χ0v) is 38.8. The van der Waals surface area contributed by atoms with Gasteiger partial charge in [-0.3, -0.25) is 53.2 Å². The summed E-state index contributed by atoms with van der Waals surface area (Å²) in [5.74, 6) is -4.97. The molecule has 0 saturated carbocycles. The molecular formula is C41H72N10O13S. The Morgan fingerprint density at radius 3 is 1.65 bits per heavy atom. The van der Waals surface area contributed by atoms with Crippen LogP contribution in [0, 0.1) is 0 Å². The molecule has 1 fully saturated rings. The summed E-state index contributed by atoms with van der Waals surface area (Å²) in [6.07, 6.45) is 6.95. The van der Waals surface area contributed by atoms with E-state index in [1.54, 1.807) is 9.80 Å². The van der Waals surface area contributed by atoms with Gasteiger partial charge in [0, 0.05) is 91.3 Å². The molecule has 0 aromatic carbocycles. The number of aldehydes is 1. The number of carbonyl (C=O) groups is 10. The van der Waals surface area contributed by atoms with Gasteiger partial charge in [-0.15, -0.1) is 0 Å². The van der Waals surface area contributed by atoms with Gasteiger partial charge < -0.3 is 52.0 Å². The lowest BCUT2D eigenvalue weighted by Gasteiger charge is -2.32. The Bertz CT molecular complexity index is 1530. The van der Waals surface area contributed by atoms with Crippen molar-refractivity contribution >= 4 is 71.4 Å². The van der Waals surface area contributed by atoms with Crippen LogP contribution in [0.1, 0.15) is 71.1 Å². The smallest absolute Gasteiger partial charge is 0.326 e. The largest absolute Gasteiger partial charge is 0.480 e. The standard InChI is InChI=1S/C41H72N10O13S/c1-3-31(53)9-5-4-7-13-43-41(64)44-14-8-6-10-33(40(62)63)47-35(55)27-45-39(61)32(12-26-65-2)46-34(54)11-15-42-36(56)28-49-18-16-48(24-25-52)17-19-50(29-37(57)58)22-23-51(21-20-49)30-38(59)60/h25,32-33H,3-24,26-30H2,1-2H3,(H,42,56)(H,45,61)(H,46,54)(H,47,55)(H,57,58)(H,59,60)(H,62,63)(H2,43,44,64). The Kier molecular flexibility index (Phi) is 31.6. The molecule has 0 spiro atoms. The number of carbonyl (C=O) groups excluding carboxylic acids is 7. The Hall–Kier alpha value is -4.91. The van der Waals surface area contributed by atoms with Crippen LogP contribution >= 0.6 is 11.8 Å². The van der Waals surface area contributed by atoms with E-state index in [1.807, 2.05) is 23.0 Å². The van der Waals surface area contributed by atoms with Gasteiger partial charge in [-0.25, -0.2) is 9.59 Å². The fourth-order valence-corrected chi connectivity index (χ4v) is 7.07. The highest BCUT2D eigenvalue weighted by atomic mass is 32.2. The molecule has 65 heavy (non-hydrogen) atoms. The van der Waals surface area contributed by atoms with Crippen LogP contribution in [-0.4, -0.2) is 223 Å². The summed E-state index contributed by atoms with van der Waals surface area (Å²) in [5, 5.41) is 44.0. The van der Waals surface area contributed by atoms with E-state index in [2.05, 4.69) is 31.9 Å². The number of thioether (sulfide) groups is 1. The lowest BCUT2D eigenvalue weighted by molar-refractivity contribution is -0.142. The number of aliphatic carboxylic acids is 3. The molecule has 1 aliphatic heterocycles. The number of ketones is 1. The van der Waals surface area contributed by atoms with E-state index in [1.165, 1.54) is 11.8 Å². The maximum atomic E-state index is 13.1. The number of nitrogens with one attached hydrogen (secondary N) is 6. The lowest BCUT2D eigenvalue weighted by Crippen LogP contribution is -2.51. The SMILES string of the molecule is CCC(=O)CCCCCNC(=O)NCCCCC(NC(=O)CNC(=O)C(CCSC)NC(=O)CCNC(=O)CN1CCN(CC=O)CCN(CC(=O)O)CCN(CC(=O)O)CC1)C(=O)O. The van der Waals surface area contributed by atoms with Crippen LogP contribution < -0.4 is 31.9 Å². The number of hydrogen-bond donors (Lipinski definition) is 9. The number of urea groups is 1. The second-order valence-corrected chi connectivity index (χ2v) is 16.6. The van der Waals surface area contributed by atoms with Crippen molar-refractivity contribution < 1.29 is 63.3 Å². The van der Waals surface area contributed by atoms with Crippen molar-refractivity contribution in [3.05, 3.63) is 0 Å². The first-order valence-corrected chi connectivity index (χ1v) is 23.6. The summed E-state index contributed by atoms with van der Waals surface area (Å²) in [5.41, 5.74) is 0. The predicted octanol–water partition coefficient (Wildman–Crippen LogP) is -1.99. The first-order valence-electron chi connectivity index (χ1n) is 22.2. The number of unbranched alkanes of at least 4 members (excludes halogenated alkanes) is 3. The highest BCUT2D eigenvalue weighted by molar-refractivity contribution is 7.98. The van der Waals surface area contributed by atoms with Crippen LogP contribution in [0.25, 0.3) is 0 Å². The second kappa shape index (κ2) is 35.4. The van der Waals surface area contributed by atoms with E-state index < -0.39 is 60.2 Å². The van der Waals surface area contributed by atoms with E-state index in [4.69, 9.17) is 0 Å². The second-order valence-electron chi connectivity index (χ2n) is 15.6. The molecule has 370 valence electrons. The number of carboxylic acids is 3. The molecule has 2 atom stereocenters. The first kappa shape index (κ1) is 58.1. The molecule has 0 bridgehead atoms. The van der Waals surface area contributed by atoms with Gasteiger partial charge in [0.15, 0.2) is 0 Å². The van der Waals surface area contributed by atoms with Gasteiger partial charge in [-0.2, -0.15) is 11.8 Å². The van der Waals surface area contributed by atoms with Crippen LogP contribution in [0.3, 0.4) is 0 Å². The number of rotatable bonds is 32. The number of hydrogen-bond acceptors (Lipinski definition) is 15. The van der Waals surface area contributed by atoms with E-state index in [9.17, 15) is 63.3 Å². The van der Waals surface area contributed by atoms with Crippen LogP contribution in [0.4, 0.5) is 4.79 Å². The molecule has 24 heteroatoms. The number of Topliss-reactive ketones (excluding diaryl/α,β-unsaturated/α-hetero) is 1. The van der Waals surface area contributed by atoms with Gasteiger partial charge in [0.1, 0.15) is 24.2 Å². The molecule has 1 heterocycles. The molecule has 0 radical (unpaired) electrons. The molecule has 0 aliphatic carbocycles. The summed E-state index contributed by atoms with van der Waals surface area (Å²) in [6.45, 7) is 4.04. The van der Waals surface area contributed by atoms with Crippen molar-refractivity contribution in [2.75, 3.05) is 117 Å². The number of amides is 6. The van der Waals surface area contributed by atoms with Crippen molar-refractivity contribution in [2.45, 2.75) is 83.2 Å². The third-order valence-corrected chi connectivity index (χ3v) is 11.0. The zero-order chi connectivity index (χ0) is 48.4. The fraction of sp³-hybridized carbons (Fsp3) is 0.756. The summed E-state index contributed by atoms with van der Waals surface area (Å²) in [4.78, 5) is 128. The Labute approximate surface area is 385 Å². The molecule has 6 amide bonds. The Balaban J connectivity index is 2.59. The zero-order valence-electron chi connectivity index (χ0n) is 37.9. The molecular weight excluding hydrogens is 873 g/mol. The summed E-state index contributed by atoms with van der Waals surface area (Å²) in [7, 11) is 0. The third kappa shape index (κ3) is 30.0. The van der Waals surface area contributed by atoms with Crippen molar-refractivity contribution in [1.29, 1.82) is 0 Å². The van der Waals surface area contributed by atoms with Crippen LogP contribution in [0.15, 0.2) is 0 Å². The molecule has 1 rings (SSSR count). The van der Waals surface area contributed by atoms with Crippen LogP contribution in [0.2, 0.25) is 0 Å². The normalized spacial score (nSPS) is 15.5. The number of carboxylic acid groups (broad SMARTS) is 3. The molecule has 9 N–H and O–H groups in total. The van der Waals surface area contributed by atoms with Gasteiger partial charge >= 0.3 is 23.9 Å². The average molecular weight is 945 g/mol. The molecule has 1 saturated heterocycles. The third-order valence-electron chi connectivity index (χ3n) is 10.4. The molecule has 0 aromatic rings. The maximum Gasteiger partial charge on any atom is 0.326 e. The van der Waals surface area contributed by atoms with Gasteiger partial charge in [-0.1, -0.05) is 13.3 Å². The molecule has 1 aliphatic rings. The fourth-order valence-electron chi connectivity index (χ4n) is 6.60. The Morgan fingerprint density at radius 2 is 1.12 bits per heavy atom. The number of nitrogens with zero attached hydrogens (tertiary/aromatic N) is 4. The summed E-state index contributed by atoms with van der Waals surface area (Å²) in [6, 6.07) is -2.60. The topological polar surface area (TPSA) is 317 Å². The first-order chi connectivity index (χ1) is 31.1. The summed E-state index contributed by atoms with van der Waals surface area (Å²) < 4.78 is 0. The lowest BCUT2D eigenvalue weighted by atomic mass is 10.1. The van der Waals surface area contributed by atoms with Gasteiger partial charge in [-0.05, 0) is 50.5 Å². The molecule has 0 aromatic heterocycles. The highest BCUT2D eigenvalue weighted by Crippen LogP contribution is 2.05. The van der Waals surface area contributed by atoms with Crippen molar-refractivity contribution in [3.8, 4) is 0 Å². The van der Waals surface area contributed by atoms with E-state index in [0.717, 1.165) is 25.5 Å². The highest BCUT2D eigenvalue weighted by Gasteiger charge is 2.24. The average Bonchev–Trinajstić information content (AvgIpc) is 3.25. The Morgan fingerprint density at radius 1 is 0.585 bits per heavy atom. The quantitative estimate of drug-likeness (QED) is 0.0261. The maximum absolute atomic E-state index is 13.1. The van der Waals surface area contributed by atoms with Crippen LogP contribution in [0.5, 0.6) is 0 Å². The molecule has 23 nitrogen and oxygen atoms in total. The van der Waals surface area contributed by atoms with E-state index in [0.29, 0.717) is 77.2 Å². The minimum absolute atomic E-state index is 0.0659. The minimum Gasteiger partial charge on any atom is -0.480 e. The van der Waals surface area contributed by atoms with Crippen molar-refractivity contribution in [3.63, 3.8) is 0 Å². The summed E-state index contributed by atoms with van der Waals surface area (Å²) >= 11 is 1.43. The predicted molar refractivity (Wildman–Crippen MR) is 241 cm³/mol. The minimum atomic E-state index is -1.26. The molecule has 2 unspecified atom stereocenters. The van der Waals surface area contributed by atoms with Crippen molar-refractivity contribution in [1.82, 2.24) is 51.5 Å².